The SMILES string of the molecule is CCNC(C)(CO)CCSc1nc(C)c(C)c(C)n1. The van der Waals surface area contributed by atoms with Crippen LogP contribution in [-0.2, 0) is 0 Å². The van der Waals surface area contributed by atoms with Gasteiger partial charge in [-0.2, -0.15) is 0 Å². The van der Waals surface area contributed by atoms with Crippen LogP contribution in [0.1, 0.15) is 37.2 Å². The summed E-state index contributed by atoms with van der Waals surface area (Å²) in [6, 6.07) is 0. The van der Waals surface area contributed by atoms with Gasteiger partial charge >= 0.3 is 0 Å². The fourth-order valence-corrected chi connectivity index (χ4v) is 2.96. The molecular weight excluding hydrogens is 258 g/mol. The van der Waals surface area contributed by atoms with Crippen molar-refractivity contribution >= 4 is 11.8 Å². The molecule has 0 spiro atoms. The van der Waals surface area contributed by atoms with Gasteiger partial charge in [-0.25, -0.2) is 9.97 Å². The quantitative estimate of drug-likeness (QED) is 0.594. The highest BCUT2D eigenvalue weighted by Crippen LogP contribution is 2.20. The van der Waals surface area contributed by atoms with E-state index in [4.69, 9.17) is 0 Å². The monoisotopic (exact) mass is 283 g/mol. The van der Waals surface area contributed by atoms with Gasteiger partial charge in [0.1, 0.15) is 0 Å². The number of aliphatic hydroxyl groups is 1. The molecule has 0 saturated carbocycles. The van der Waals surface area contributed by atoms with Gasteiger partial charge in [0, 0.05) is 22.7 Å². The van der Waals surface area contributed by atoms with Gasteiger partial charge in [-0.1, -0.05) is 18.7 Å². The molecule has 0 aliphatic carbocycles. The number of aryl methyl sites for hydroxylation is 2. The van der Waals surface area contributed by atoms with E-state index < -0.39 is 0 Å². The standard InChI is InChI=1S/C14H25N3OS/c1-6-15-14(5,9-18)7-8-19-13-16-11(3)10(2)12(4)17-13/h15,18H,6-9H2,1-5H3. The lowest BCUT2D eigenvalue weighted by atomic mass is 10.0. The molecule has 0 fully saturated rings. The Bertz CT molecular complexity index is 402. The second-order valence-electron chi connectivity index (χ2n) is 5.15. The fourth-order valence-electron chi connectivity index (χ4n) is 1.82. The van der Waals surface area contributed by atoms with Crippen molar-refractivity contribution in [2.45, 2.75) is 51.7 Å². The summed E-state index contributed by atoms with van der Waals surface area (Å²) in [6.07, 6.45) is 0.886. The highest BCUT2D eigenvalue weighted by Gasteiger charge is 2.21. The zero-order valence-corrected chi connectivity index (χ0v) is 13.4. The molecule has 0 aromatic carbocycles. The van der Waals surface area contributed by atoms with Crippen LogP contribution in [0, 0.1) is 20.8 Å². The first-order chi connectivity index (χ1) is 8.91. The summed E-state index contributed by atoms with van der Waals surface area (Å²) in [7, 11) is 0. The summed E-state index contributed by atoms with van der Waals surface area (Å²) in [5, 5.41) is 13.6. The van der Waals surface area contributed by atoms with E-state index in [1.165, 1.54) is 0 Å². The largest absolute Gasteiger partial charge is 0.394 e. The predicted octanol–water partition coefficient (Wildman–Crippen LogP) is 2.24. The molecule has 0 amide bonds. The van der Waals surface area contributed by atoms with Gasteiger partial charge in [0.05, 0.1) is 6.61 Å². The zero-order chi connectivity index (χ0) is 14.5. The number of hydrogen-bond donors (Lipinski definition) is 2. The summed E-state index contributed by atoms with van der Waals surface area (Å²) >= 11 is 1.65. The third kappa shape index (κ3) is 4.75. The third-order valence-electron chi connectivity index (χ3n) is 3.45. The van der Waals surface area contributed by atoms with Crippen LogP contribution in [0.15, 0.2) is 5.16 Å². The first-order valence-electron chi connectivity index (χ1n) is 6.72. The number of nitrogens with one attached hydrogen (secondary N) is 1. The number of rotatable bonds is 7. The Morgan fingerprint density at radius 2 is 1.79 bits per heavy atom. The third-order valence-corrected chi connectivity index (χ3v) is 4.30. The van der Waals surface area contributed by atoms with Crippen molar-refractivity contribution in [2.75, 3.05) is 18.9 Å². The number of hydrogen-bond acceptors (Lipinski definition) is 5. The van der Waals surface area contributed by atoms with E-state index >= 15 is 0 Å². The minimum absolute atomic E-state index is 0.147. The van der Waals surface area contributed by atoms with E-state index in [1.54, 1.807) is 11.8 Å². The van der Waals surface area contributed by atoms with Crippen LogP contribution in [0.2, 0.25) is 0 Å². The normalized spacial score (nSPS) is 14.4. The van der Waals surface area contributed by atoms with Crippen LogP contribution in [-0.4, -0.2) is 39.5 Å². The maximum atomic E-state index is 9.44. The lowest BCUT2D eigenvalue weighted by molar-refractivity contribution is 0.173. The molecule has 0 radical (unpaired) electrons. The maximum Gasteiger partial charge on any atom is 0.187 e. The van der Waals surface area contributed by atoms with E-state index in [9.17, 15) is 5.11 Å². The Balaban J connectivity index is 2.58. The Kier molecular flexibility index (Phi) is 6.23. The van der Waals surface area contributed by atoms with Crippen LogP contribution in [0.5, 0.6) is 0 Å². The second kappa shape index (κ2) is 7.22. The molecule has 1 rings (SSSR count). The summed E-state index contributed by atoms with van der Waals surface area (Å²) in [4.78, 5) is 8.99. The number of thioether (sulfide) groups is 1. The van der Waals surface area contributed by atoms with Crippen LogP contribution < -0.4 is 5.32 Å². The van der Waals surface area contributed by atoms with Crippen molar-refractivity contribution < 1.29 is 5.11 Å². The molecule has 19 heavy (non-hydrogen) atoms. The Morgan fingerprint density at radius 1 is 1.21 bits per heavy atom. The molecular formula is C14H25N3OS. The summed E-state index contributed by atoms with van der Waals surface area (Å²) in [5.74, 6) is 0.895. The number of likely N-dealkylation sites (N-methyl/N-ethyl adjacent to an activating group) is 1. The van der Waals surface area contributed by atoms with Gasteiger partial charge in [0.2, 0.25) is 0 Å². The minimum Gasteiger partial charge on any atom is -0.394 e. The van der Waals surface area contributed by atoms with Crippen molar-refractivity contribution in [1.29, 1.82) is 0 Å². The summed E-state index contributed by atoms with van der Waals surface area (Å²) in [5.41, 5.74) is 3.05. The van der Waals surface area contributed by atoms with Crippen molar-refractivity contribution in [3.05, 3.63) is 17.0 Å². The molecule has 0 aliphatic rings. The molecule has 1 atom stereocenters. The summed E-state index contributed by atoms with van der Waals surface area (Å²) < 4.78 is 0. The van der Waals surface area contributed by atoms with Gasteiger partial charge in [-0.05, 0) is 46.2 Å². The van der Waals surface area contributed by atoms with Crippen LogP contribution >= 0.6 is 11.8 Å². The van der Waals surface area contributed by atoms with Crippen LogP contribution in [0.25, 0.3) is 0 Å². The number of aliphatic hydroxyl groups excluding tert-OH is 1. The molecule has 0 aliphatic heterocycles. The van der Waals surface area contributed by atoms with Crippen molar-refractivity contribution in [3.8, 4) is 0 Å². The van der Waals surface area contributed by atoms with Gasteiger partial charge in [-0.15, -0.1) is 0 Å². The average Bonchev–Trinajstić information content (AvgIpc) is 2.36. The molecule has 1 heterocycles. The van der Waals surface area contributed by atoms with E-state index in [2.05, 4.69) is 22.2 Å². The fraction of sp³-hybridized carbons (Fsp3) is 0.714. The highest BCUT2D eigenvalue weighted by atomic mass is 32.2. The van der Waals surface area contributed by atoms with Gasteiger partial charge in [0.15, 0.2) is 5.16 Å². The Morgan fingerprint density at radius 3 is 2.26 bits per heavy atom. The van der Waals surface area contributed by atoms with E-state index in [1.807, 2.05) is 27.7 Å². The molecule has 2 N–H and O–H groups in total. The predicted molar refractivity (Wildman–Crippen MR) is 80.8 cm³/mol. The number of aromatic nitrogens is 2. The van der Waals surface area contributed by atoms with Gasteiger partial charge in [-0.3, -0.25) is 0 Å². The molecule has 108 valence electrons. The van der Waals surface area contributed by atoms with Crippen molar-refractivity contribution in [2.24, 2.45) is 0 Å². The number of nitrogens with zero attached hydrogens (tertiary/aromatic N) is 2. The maximum absolute atomic E-state index is 9.44. The van der Waals surface area contributed by atoms with E-state index in [-0.39, 0.29) is 12.1 Å². The second-order valence-corrected chi connectivity index (χ2v) is 6.21. The molecule has 1 unspecified atom stereocenters. The van der Waals surface area contributed by atoms with Crippen molar-refractivity contribution in [3.63, 3.8) is 0 Å². The molecule has 5 heteroatoms. The highest BCUT2D eigenvalue weighted by molar-refractivity contribution is 7.99. The topological polar surface area (TPSA) is 58.0 Å². The van der Waals surface area contributed by atoms with E-state index in [0.29, 0.717) is 0 Å². The van der Waals surface area contributed by atoms with Crippen LogP contribution in [0.3, 0.4) is 0 Å². The molecule has 0 bridgehead atoms. The van der Waals surface area contributed by atoms with Gasteiger partial charge in [0.25, 0.3) is 0 Å². The first-order valence-corrected chi connectivity index (χ1v) is 7.71. The molecule has 1 aromatic heterocycles. The Labute approximate surface area is 120 Å². The van der Waals surface area contributed by atoms with Crippen LogP contribution in [0.4, 0.5) is 0 Å². The smallest absolute Gasteiger partial charge is 0.187 e. The van der Waals surface area contributed by atoms with E-state index in [0.717, 1.165) is 40.8 Å². The first kappa shape index (κ1) is 16.4. The zero-order valence-electron chi connectivity index (χ0n) is 12.6. The summed E-state index contributed by atoms with van der Waals surface area (Å²) in [6.45, 7) is 11.2. The molecule has 4 nitrogen and oxygen atoms in total. The average molecular weight is 283 g/mol. The lowest BCUT2D eigenvalue weighted by Gasteiger charge is -2.28. The molecule has 1 aromatic rings. The molecule has 0 saturated heterocycles. The van der Waals surface area contributed by atoms with Gasteiger partial charge < -0.3 is 10.4 Å². The van der Waals surface area contributed by atoms with Crippen molar-refractivity contribution in [1.82, 2.24) is 15.3 Å². The Hall–Kier alpha value is -0.650. The lowest BCUT2D eigenvalue weighted by Crippen LogP contribution is -2.46. The minimum atomic E-state index is -0.212.